The lowest BCUT2D eigenvalue weighted by atomic mass is 9.78. The minimum Gasteiger partial charge on any atom is -0.328 e. The molecule has 9 aliphatic rings. The van der Waals surface area contributed by atoms with Gasteiger partial charge in [-0.2, -0.15) is 0 Å². The van der Waals surface area contributed by atoms with E-state index in [4.69, 9.17) is 5.73 Å². The molecule has 0 aromatic rings. The third-order valence-corrected chi connectivity index (χ3v) is 28.4. The highest BCUT2D eigenvalue weighted by Crippen LogP contribution is 2.40. The van der Waals surface area contributed by atoms with E-state index in [0.29, 0.717) is 6.04 Å². The minimum absolute atomic E-state index is 0. The summed E-state index contributed by atoms with van der Waals surface area (Å²) >= 11 is 0. The van der Waals surface area contributed by atoms with E-state index in [-0.39, 0.29) is 22.3 Å². The van der Waals surface area contributed by atoms with Crippen LogP contribution in [-0.4, -0.2) is 46.8 Å². The Morgan fingerprint density at radius 3 is 0.441 bits per heavy atom. The van der Waals surface area contributed by atoms with E-state index in [1.807, 2.05) is 0 Å². The Balaban J connectivity index is -0.00000118. The first-order chi connectivity index (χ1) is 51.4. The predicted octanol–water partition coefficient (Wildman–Crippen LogP) is 34.1. The standard InChI is InChI=1S/3C12H25N.3C12H24.2C11H22.C10H21N.3CH4/c3*1-10(2)8-11-4-6-12(7-5-11)9-13-3;3*1-4-11-5-7-12(8-6-11)9-10(2)3;2*1-9(2)8-11-6-4-10(3)5-7-11;1-8(2)7-9-3-5-10(11)6-4-9;;;/h3*10-13H,4-9H2,1-3H3;3*10-12H,4-9H2,1-3H3;2*9-11H,4-8H2,1-3H3;8-10H,3-7,11H2,1-2H3;3*1H4. The van der Waals surface area contributed by atoms with Gasteiger partial charge in [-0.15, -0.1) is 0 Å². The van der Waals surface area contributed by atoms with Crippen LogP contribution in [0, 0.1) is 154 Å². The van der Waals surface area contributed by atoms with Crippen LogP contribution in [0.15, 0.2) is 0 Å². The molecule has 0 spiro atoms. The molecule has 0 bridgehead atoms. The Morgan fingerprint density at radius 2 is 0.315 bits per heavy atom. The molecule has 0 atom stereocenters. The Labute approximate surface area is 707 Å². The van der Waals surface area contributed by atoms with Gasteiger partial charge in [0.2, 0.25) is 0 Å². The zero-order chi connectivity index (χ0) is 80.8. The first kappa shape index (κ1) is 115. The van der Waals surface area contributed by atoms with E-state index < -0.39 is 0 Å². The average molecular weight is 1570 g/mol. The molecule has 111 heavy (non-hydrogen) atoms. The fourth-order valence-electron chi connectivity index (χ4n) is 22.1. The van der Waals surface area contributed by atoms with Gasteiger partial charge >= 0.3 is 0 Å². The van der Waals surface area contributed by atoms with E-state index in [0.717, 1.165) is 154 Å². The summed E-state index contributed by atoms with van der Waals surface area (Å²) in [7, 11) is 6.21. The van der Waals surface area contributed by atoms with Crippen molar-refractivity contribution in [3.05, 3.63) is 0 Å². The summed E-state index contributed by atoms with van der Waals surface area (Å²) in [5.41, 5.74) is 5.83. The molecule has 4 nitrogen and oxygen atoms in total. The van der Waals surface area contributed by atoms with Crippen molar-refractivity contribution in [2.24, 2.45) is 160 Å². The smallest absolute Gasteiger partial charge is 0.00390 e. The maximum Gasteiger partial charge on any atom is 0.00390 e. The molecule has 9 aliphatic carbocycles. The second kappa shape index (κ2) is 71.6. The zero-order valence-electron chi connectivity index (χ0n) is 79.7. The molecule has 0 aromatic heterocycles. The van der Waals surface area contributed by atoms with Gasteiger partial charge in [0, 0.05) is 6.04 Å². The Kier molecular flexibility index (Phi) is 74.1. The van der Waals surface area contributed by atoms with Crippen LogP contribution in [-0.2, 0) is 0 Å². The number of hydrogen-bond donors (Lipinski definition) is 4. The Bertz CT molecular complexity index is 1630. The highest BCUT2D eigenvalue weighted by Gasteiger charge is 2.28. The zero-order valence-corrected chi connectivity index (χ0v) is 79.7. The molecule has 0 heterocycles. The summed E-state index contributed by atoms with van der Waals surface area (Å²) < 4.78 is 0. The molecular weight excluding hydrogens is 1340 g/mol. The summed E-state index contributed by atoms with van der Waals surface area (Å²) in [6.07, 6.45) is 70.2. The molecule has 5 N–H and O–H groups in total. The lowest BCUT2D eigenvalue weighted by Crippen LogP contribution is -2.26. The highest BCUT2D eigenvalue weighted by molar-refractivity contribution is 4.81. The van der Waals surface area contributed by atoms with Gasteiger partial charge in [0.25, 0.3) is 0 Å². The van der Waals surface area contributed by atoms with Crippen LogP contribution in [0.5, 0.6) is 0 Å². The van der Waals surface area contributed by atoms with Crippen molar-refractivity contribution in [2.75, 3.05) is 40.8 Å². The van der Waals surface area contributed by atoms with Gasteiger partial charge in [-0.25, -0.2) is 0 Å². The van der Waals surface area contributed by atoms with Crippen molar-refractivity contribution in [3.63, 3.8) is 0 Å². The molecule has 0 aliphatic heterocycles. The Hall–Kier alpha value is -0.160. The molecule has 0 amide bonds. The molecule has 9 fully saturated rings. The van der Waals surface area contributed by atoms with Gasteiger partial charge in [0.15, 0.2) is 0 Å². The minimum atomic E-state index is 0. The number of nitrogens with two attached hydrogens (primary N) is 1. The fraction of sp³-hybridized carbons (Fsp3) is 1.00. The van der Waals surface area contributed by atoms with E-state index in [9.17, 15) is 0 Å². The van der Waals surface area contributed by atoms with Crippen LogP contribution in [0.1, 0.15) is 490 Å². The largest absolute Gasteiger partial charge is 0.328 e. The van der Waals surface area contributed by atoms with E-state index >= 15 is 0 Å². The van der Waals surface area contributed by atoms with Crippen molar-refractivity contribution < 1.29 is 0 Å². The van der Waals surface area contributed by atoms with Crippen molar-refractivity contribution in [1.82, 2.24) is 16.0 Å². The quantitative estimate of drug-likeness (QED) is 0.0662. The molecule has 0 unspecified atom stereocenters. The first-order valence-corrected chi connectivity index (χ1v) is 50.1. The molecule has 9 rings (SSSR count). The SMILES string of the molecule is C.C.C.CC(C)CC1CCC(C)CC1.CC(C)CC1CCC(C)CC1.CC(C)CC1CCC(N)CC1.CCC1CCC(CC(C)C)CC1.CCC1CCC(CC(C)C)CC1.CCC1CCC(CC(C)C)CC1.CNCC1CCC(CC(C)C)CC1.CNCC1CCC(CC(C)C)CC1.CNCC1CCC(CC(C)C)CC1. The lowest BCUT2D eigenvalue weighted by Gasteiger charge is -2.29. The molecule has 9 saturated carbocycles. The molecule has 0 aromatic carbocycles. The molecule has 4 heteroatoms. The monoisotopic (exact) mass is 1570 g/mol. The molecule has 672 valence electrons. The van der Waals surface area contributed by atoms with Gasteiger partial charge in [0.05, 0.1) is 0 Å². The van der Waals surface area contributed by atoms with E-state index in [2.05, 4.69) is 196 Å². The van der Waals surface area contributed by atoms with Crippen LogP contribution < -0.4 is 21.7 Å². The second-order valence-electron chi connectivity index (χ2n) is 43.9. The van der Waals surface area contributed by atoms with Crippen molar-refractivity contribution in [3.8, 4) is 0 Å². The van der Waals surface area contributed by atoms with Gasteiger partial charge in [-0.3, -0.25) is 0 Å². The summed E-state index contributed by atoms with van der Waals surface area (Å²) in [6, 6.07) is 0.512. The normalized spacial score (nSPS) is 30.2. The average Bonchev–Trinajstić information content (AvgIpc) is 0.962. The van der Waals surface area contributed by atoms with Gasteiger partial charge in [-0.05, 0) is 317 Å². The number of rotatable bonds is 27. The van der Waals surface area contributed by atoms with Crippen LogP contribution in [0.2, 0.25) is 0 Å². The lowest BCUT2D eigenvalue weighted by molar-refractivity contribution is 0.240. The highest BCUT2D eigenvalue weighted by atomic mass is 14.8. The fourth-order valence-corrected chi connectivity index (χ4v) is 22.1. The van der Waals surface area contributed by atoms with Gasteiger partial charge in [-0.1, -0.05) is 368 Å². The number of hydrogen-bond acceptors (Lipinski definition) is 4. The topological polar surface area (TPSA) is 62.1 Å². The van der Waals surface area contributed by atoms with Crippen molar-refractivity contribution in [2.45, 2.75) is 496 Å². The van der Waals surface area contributed by atoms with Crippen LogP contribution >= 0.6 is 0 Å². The van der Waals surface area contributed by atoms with Crippen LogP contribution in [0.25, 0.3) is 0 Å². The first-order valence-electron chi connectivity index (χ1n) is 50.1. The van der Waals surface area contributed by atoms with E-state index in [1.165, 1.54) is 328 Å². The maximum atomic E-state index is 5.83. The van der Waals surface area contributed by atoms with Crippen LogP contribution in [0.4, 0.5) is 0 Å². The summed E-state index contributed by atoms with van der Waals surface area (Å²) in [4.78, 5) is 0. The maximum absolute atomic E-state index is 5.83. The Morgan fingerprint density at radius 1 is 0.198 bits per heavy atom. The van der Waals surface area contributed by atoms with Gasteiger partial charge in [0.1, 0.15) is 0 Å². The summed E-state index contributed by atoms with van der Waals surface area (Å²) in [6.45, 7) is 57.7. The number of nitrogens with one attached hydrogen (secondary N) is 3. The van der Waals surface area contributed by atoms with Crippen molar-refractivity contribution in [1.29, 1.82) is 0 Å². The van der Waals surface area contributed by atoms with Gasteiger partial charge < -0.3 is 21.7 Å². The van der Waals surface area contributed by atoms with Crippen LogP contribution in [0.3, 0.4) is 0 Å². The summed E-state index contributed by atoms with van der Waals surface area (Å²) in [5.74, 6) is 25.6. The second-order valence-corrected chi connectivity index (χ2v) is 43.9. The van der Waals surface area contributed by atoms with E-state index in [1.54, 1.807) is 0 Å². The summed E-state index contributed by atoms with van der Waals surface area (Å²) in [5, 5.41) is 9.88. The molecule has 0 radical (unpaired) electrons. The third-order valence-electron chi connectivity index (χ3n) is 28.4. The van der Waals surface area contributed by atoms with Crippen molar-refractivity contribution >= 4 is 0 Å². The third kappa shape index (κ3) is 64.4. The molecule has 0 saturated heterocycles. The molecular formula is C107H224N4. The predicted molar refractivity (Wildman–Crippen MR) is 513 cm³/mol.